The van der Waals surface area contributed by atoms with Gasteiger partial charge in [0, 0.05) is 44.3 Å². The van der Waals surface area contributed by atoms with Crippen LogP contribution in [0.25, 0.3) is 0 Å². The van der Waals surface area contributed by atoms with Crippen molar-refractivity contribution in [2.45, 2.75) is 32.3 Å². The van der Waals surface area contributed by atoms with Gasteiger partial charge in [0.15, 0.2) is 0 Å². The minimum absolute atomic E-state index is 0.0264. The predicted octanol–water partition coefficient (Wildman–Crippen LogP) is 2.32. The van der Waals surface area contributed by atoms with E-state index in [0.29, 0.717) is 12.5 Å². The van der Waals surface area contributed by atoms with E-state index in [9.17, 15) is 9.90 Å². The Kier molecular flexibility index (Phi) is 5.61. The number of aliphatic hydroxyl groups excluding tert-OH is 1. The summed E-state index contributed by atoms with van der Waals surface area (Å²) in [7, 11) is 0. The molecule has 3 rings (SSSR count). The van der Waals surface area contributed by atoms with E-state index in [-0.39, 0.29) is 18.1 Å². The number of rotatable bonds is 4. The molecule has 1 aromatic carbocycles. The maximum Gasteiger partial charge on any atom is 0.317 e. The zero-order valence-corrected chi connectivity index (χ0v) is 14.5. The van der Waals surface area contributed by atoms with Gasteiger partial charge in [-0.15, -0.1) is 0 Å². The van der Waals surface area contributed by atoms with Crippen LogP contribution in [0, 0.1) is 11.8 Å². The van der Waals surface area contributed by atoms with Crippen LogP contribution in [0.3, 0.4) is 0 Å². The fourth-order valence-electron chi connectivity index (χ4n) is 3.80. The summed E-state index contributed by atoms with van der Waals surface area (Å²) in [4.78, 5) is 16.7. The maximum atomic E-state index is 12.4. The minimum atomic E-state index is -0.338. The van der Waals surface area contributed by atoms with Crippen molar-refractivity contribution in [1.82, 2.24) is 10.2 Å². The van der Waals surface area contributed by atoms with Crippen molar-refractivity contribution in [2.24, 2.45) is 11.8 Å². The third kappa shape index (κ3) is 4.20. The molecule has 3 atom stereocenters. The molecule has 5 heteroatoms. The lowest BCUT2D eigenvalue weighted by atomic mass is 9.94. The Balaban J connectivity index is 1.44. The molecule has 2 aliphatic rings. The molecule has 0 spiro atoms. The molecule has 2 heterocycles. The van der Waals surface area contributed by atoms with E-state index >= 15 is 0 Å². The summed E-state index contributed by atoms with van der Waals surface area (Å²) in [6, 6.07) is 10.5. The highest BCUT2D eigenvalue weighted by Crippen LogP contribution is 2.23. The number of nitrogens with zero attached hydrogens (tertiary/aromatic N) is 2. The first-order valence-electron chi connectivity index (χ1n) is 9.14. The van der Waals surface area contributed by atoms with Crippen LogP contribution in [0.1, 0.15) is 26.2 Å². The number of piperidine rings is 1. The van der Waals surface area contributed by atoms with Gasteiger partial charge in [0.2, 0.25) is 0 Å². The van der Waals surface area contributed by atoms with E-state index in [0.717, 1.165) is 45.4 Å². The second kappa shape index (κ2) is 7.88. The van der Waals surface area contributed by atoms with Crippen LogP contribution >= 0.6 is 0 Å². The number of para-hydroxylation sites is 1. The minimum Gasteiger partial charge on any atom is -0.393 e. The molecule has 2 N–H and O–H groups in total. The van der Waals surface area contributed by atoms with Crippen LogP contribution < -0.4 is 10.2 Å². The van der Waals surface area contributed by atoms with Crippen molar-refractivity contribution in [3.8, 4) is 0 Å². The molecule has 5 nitrogen and oxygen atoms in total. The van der Waals surface area contributed by atoms with Crippen molar-refractivity contribution in [3.63, 3.8) is 0 Å². The topological polar surface area (TPSA) is 55.8 Å². The molecule has 132 valence electrons. The van der Waals surface area contributed by atoms with Crippen molar-refractivity contribution < 1.29 is 9.90 Å². The van der Waals surface area contributed by atoms with E-state index in [1.165, 1.54) is 5.69 Å². The standard InChI is InChI=1S/C19H29N3O2/c1-15(23)17-6-5-10-22(14-17)19(24)20-12-16-9-11-21(13-16)18-7-3-2-4-8-18/h2-4,7-8,15-17,23H,5-6,9-14H2,1H3,(H,20,24). The Morgan fingerprint density at radius 3 is 2.79 bits per heavy atom. The van der Waals surface area contributed by atoms with Crippen molar-refractivity contribution in [2.75, 3.05) is 37.6 Å². The van der Waals surface area contributed by atoms with E-state index in [4.69, 9.17) is 0 Å². The Labute approximate surface area is 144 Å². The maximum absolute atomic E-state index is 12.4. The van der Waals surface area contributed by atoms with Crippen LogP contribution in [-0.2, 0) is 0 Å². The van der Waals surface area contributed by atoms with Gasteiger partial charge >= 0.3 is 6.03 Å². The average Bonchev–Trinajstić information content (AvgIpc) is 3.09. The van der Waals surface area contributed by atoms with Crippen molar-refractivity contribution in [1.29, 1.82) is 0 Å². The second-order valence-electron chi connectivity index (χ2n) is 7.21. The first kappa shape index (κ1) is 17.1. The molecule has 2 aliphatic heterocycles. The zero-order valence-electron chi connectivity index (χ0n) is 14.5. The van der Waals surface area contributed by atoms with Gasteiger partial charge in [0.05, 0.1) is 6.10 Å². The van der Waals surface area contributed by atoms with E-state index in [1.54, 1.807) is 0 Å². The van der Waals surface area contributed by atoms with E-state index in [1.807, 2.05) is 17.9 Å². The van der Waals surface area contributed by atoms with Gasteiger partial charge < -0.3 is 20.2 Å². The summed E-state index contributed by atoms with van der Waals surface area (Å²) >= 11 is 0. The third-order valence-corrected chi connectivity index (χ3v) is 5.38. The highest BCUT2D eigenvalue weighted by atomic mass is 16.3. The summed E-state index contributed by atoms with van der Waals surface area (Å²) in [6.45, 7) is 6.08. The number of carbonyl (C=O) groups excluding carboxylic acids is 1. The number of aliphatic hydroxyl groups is 1. The SMILES string of the molecule is CC(O)C1CCCN(C(=O)NCC2CCN(c3ccccc3)C2)C1. The number of amides is 2. The van der Waals surface area contributed by atoms with E-state index in [2.05, 4.69) is 34.5 Å². The molecule has 0 radical (unpaired) electrons. The Morgan fingerprint density at radius 1 is 1.25 bits per heavy atom. The number of nitrogens with one attached hydrogen (secondary N) is 1. The molecule has 0 aromatic heterocycles. The molecule has 2 amide bonds. The monoisotopic (exact) mass is 331 g/mol. The molecule has 2 fully saturated rings. The molecule has 0 bridgehead atoms. The fraction of sp³-hybridized carbons (Fsp3) is 0.632. The second-order valence-corrected chi connectivity index (χ2v) is 7.21. The molecular weight excluding hydrogens is 302 g/mol. The Morgan fingerprint density at radius 2 is 2.04 bits per heavy atom. The number of benzene rings is 1. The molecule has 3 unspecified atom stereocenters. The van der Waals surface area contributed by atoms with Gasteiger partial charge in [0.1, 0.15) is 0 Å². The molecule has 1 aromatic rings. The van der Waals surface area contributed by atoms with Crippen LogP contribution in [-0.4, -0.2) is 54.9 Å². The summed E-state index contributed by atoms with van der Waals surface area (Å²) in [5.41, 5.74) is 1.27. The lowest BCUT2D eigenvalue weighted by molar-refractivity contribution is 0.0738. The Hall–Kier alpha value is -1.75. The predicted molar refractivity (Wildman–Crippen MR) is 96.1 cm³/mol. The largest absolute Gasteiger partial charge is 0.393 e. The highest BCUT2D eigenvalue weighted by Gasteiger charge is 2.28. The molecule has 0 saturated carbocycles. The normalized spacial score (nSPS) is 25.6. The van der Waals surface area contributed by atoms with Gasteiger partial charge in [-0.25, -0.2) is 4.79 Å². The van der Waals surface area contributed by atoms with Crippen LogP contribution in [0.2, 0.25) is 0 Å². The molecular formula is C19H29N3O2. The smallest absolute Gasteiger partial charge is 0.317 e. The fourth-order valence-corrected chi connectivity index (χ4v) is 3.80. The van der Waals surface area contributed by atoms with Crippen molar-refractivity contribution >= 4 is 11.7 Å². The average molecular weight is 331 g/mol. The van der Waals surface area contributed by atoms with Crippen molar-refractivity contribution in [3.05, 3.63) is 30.3 Å². The lowest BCUT2D eigenvalue weighted by Gasteiger charge is -2.34. The zero-order chi connectivity index (χ0) is 16.9. The number of urea groups is 1. The summed E-state index contributed by atoms with van der Waals surface area (Å²) < 4.78 is 0. The molecule has 2 saturated heterocycles. The number of hydrogen-bond acceptors (Lipinski definition) is 3. The quantitative estimate of drug-likeness (QED) is 0.890. The van der Waals surface area contributed by atoms with Gasteiger partial charge in [-0.3, -0.25) is 0 Å². The van der Waals surface area contributed by atoms with Gasteiger partial charge in [-0.05, 0) is 44.2 Å². The number of anilines is 1. The van der Waals surface area contributed by atoms with Gasteiger partial charge in [0.25, 0.3) is 0 Å². The number of likely N-dealkylation sites (tertiary alicyclic amines) is 1. The van der Waals surface area contributed by atoms with Crippen LogP contribution in [0.5, 0.6) is 0 Å². The molecule has 24 heavy (non-hydrogen) atoms. The van der Waals surface area contributed by atoms with Crippen LogP contribution in [0.4, 0.5) is 10.5 Å². The summed E-state index contributed by atoms with van der Waals surface area (Å²) in [6.07, 6.45) is 2.77. The van der Waals surface area contributed by atoms with Gasteiger partial charge in [-0.1, -0.05) is 18.2 Å². The molecule has 0 aliphatic carbocycles. The summed E-state index contributed by atoms with van der Waals surface area (Å²) in [5, 5.41) is 12.9. The highest BCUT2D eigenvalue weighted by molar-refractivity contribution is 5.74. The number of hydrogen-bond donors (Lipinski definition) is 2. The Bertz CT molecular complexity index is 535. The lowest BCUT2D eigenvalue weighted by Crippen LogP contribution is -2.48. The van der Waals surface area contributed by atoms with Crippen LogP contribution in [0.15, 0.2) is 30.3 Å². The third-order valence-electron chi connectivity index (χ3n) is 5.38. The van der Waals surface area contributed by atoms with Gasteiger partial charge in [-0.2, -0.15) is 0 Å². The first-order valence-corrected chi connectivity index (χ1v) is 9.14. The van der Waals surface area contributed by atoms with E-state index < -0.39 is 0 Å². The summed E-state index contributed by atoms with van der Waals surface area (Å²) in [5.74, 6) is 0.719. The first-order chi connectivity index (χ1) is 11.6. The number of carbonyl (C=O) groups is 1.